The molecule has 0 amide bonds. The van der Waals surface area contributed by atoms with Gasteiger partial charge in [0.25, 0.3) is 0 Å². The van der Waals surface area contributed by atoms with Gasteiger partial charge in [0.15, 0.2) is 5.71 Å². The Balaban J connectivity index is 0.00000102. The van der Waals surface area contributed by atoms with E-state index in [1.165, 1.54) is 12.1 Å². The summed E-state index contributed by atoms with van der Waals surface area (Å²) in [6.07, 6.45) is 7.73. The molecule has 2 aromatic carbocycles. The number of allylic oxidation sites excluding steroid dienone is 4. The molecule has 6 heteroatoms. The molecule has 2 heterocycles. The maximum Gasteiger partial charge on any atom is 0.211 e. The first-order chi connectivity index (χ1) is 13.0. The van der Waals surface area contributed by atoms with Crippen molar-refractivity contribution in [1.82, 2.24) is 0 Å². The van der Waals surface area contributed by atoms with Crippen LogP contribution in [0.1, 0.15) is 11.1 Å². The van der Waals surface area contributed by atoms with Gasteiger partial charge in [0.1, 0.15) is 18.7 Å². The van der Waals surface area contributed by atoms with Crippen molar-refractivity contribution in [3.05, 3.63) is 83.1 Å². The first-order valence-electron chi connectivity index (χ1n) is 8.44. The molecule has 2 aliphatic heterocycles. The Bertz CT molecular complexity index is 965. The van der Waals surface area contributed by atoms with E-state index in [4.69, 9.17) is 0 Å². The van der Waals surface area contributed by atoms with Crippen LogP contribution in [0.2, 0.25) is 0 Å². The predicted molar refractivity (Wildman–Crippen MR) is 125 cm³/mol. The summed E-state index contributed by atoms with van der Waals surface area (Å²) in [4.78, 5) is 2.02. The molecular weight excluding hydrogens is 572 g/mol. The van der Waals surface area contributed by atoms with E-state index in [1.807, 2.05) is 41.8 Å². The molecule has 0 spiro atoms. The average Bonchev–Trinajstić information content (AvgIpc) is 3.15. The third-order valence-electron chi connectivity index (χ3n) is 5.00. The highest BCUT2D eigenvalue weighted by Crippen LogP contribution is 2.33. The topological polar surface area (TPSA) is 6.25 Å². The van der Waals surface area contributed by atoms with E-state index in [2.05, 4.69) is 49.4 Å². The summed E-state index contributed by atoms with van der Waals surface area (Å²) >= 11 is 4.24. The van der Waals surface area contributed by atoms with Crippen molar-refractivity contribution >= 4 is 54.3 Å². The minimum atomic E-state index is -0.212. The zero-order valence-corrected chi connectivity index (χ0v) is 19.3. The molecule has 0 unspecified atom stereocenters. The van der Waals surface area contributed by atoms with Crippen LogP contribution in [0.4, 0.5) is 20.2 Å². The second-order valence-electron chi connectivity index (χ2n) is 6.53. The second-order valence-corrected chi connectivity index (χ2v) is 6.53. The summed E-state index contributed by atoms with van der Waals surface area (Å²) in [6, 6.07) is 9.85. The van der Waals surface area contributed by atoms with Gasteiger partial charge in [0, 0.05) is 79.8 Å². The third kappa shape index (κ3) is 4.26. The van der Waals surface area contributed by atoms with E-state index in [0.29, 0.717) is 0 Å². The monoisotopic (exact) mass is 591 g/mol. The van der Waals surface area contributed by atoms with Crippen LogP contribution >= 0.6 is 37.2 Å². The lowest BCUT2D eigenvalue weighted by molar-refractivity contribution is -0.400. The van der Waals surface area contributed by atoms with Crippen LogP contribution in [0, 0.1) is 11.6 Å². The molecule has 4 rings (SSSR count). The van der Waals surface area contributed by atoms with Crippen molar-refractivity contribution in [2.75, 3.05) is 19.0 Å². The lowest BCUT2D eigenvalue weighted by Gasteiger charge is -2.14. The molecule has 0 saturated carbocycles. The maximum atomic E-state index is 13.4. The highest BCUT2D eigenvalue weighted by molar-refractivity contribution is 15.0. The predicted octanol–water partition coefficient (Wildman–Crippen LogP) is 6.14. The van der Waals surface area contributed by atoms with Crippen molar-refractivity contribution in [3.63, 3.8) is 0 Å². The van der Waals surface area contributed by atoms with Crippen molar-refractivity contribution in [2.24, 2.45) is 0 Å². The Kier molecular flexibility index (Phi) is 6.67. The van der Waals surface area contributed by atoms with Crippen LogP contribution in [-0.2, 0) is 12.8 Å². The molecule has 2 aliphatic rings. The van der Waals surface area contributed by atoms with Gasteiger partial charge in [-0.3, -0.25) is 0 Å². The first-order valence-corrected chi connectivity index (χ1v) is 14.7. The fourth-order valence-corrected chi connectivity index (χ4v) is 3.55. The number of fused-ring (bicyclic) bond motifs is 2. The Hall–Kier alpha value is -1.29. The molecule has 0 atom stereocenters. The lowest BCUT2D eigenvalue weighted by atomic mass is 10.1. The number of halogens is 4. The van der Waals surface area contributed by atoms with Crippen molar-refractivity contribution in [3.8, 4) is 0 Å². The summed E-state index contributed by atoms with van der Waals surface area (Å²) in [6.45, 7) is 0. The zero-order valence-electron chi connectivity index (χ0n) is 15.0. The molecule has 0 fully saturated rings. The minimum Gasteiger partial charge on any atom is -0.348 e. The third-order valence-corrected chi connectivity index (χ3v) is 5.00. The Morgan fingerprint density at radius 2 is 1.67 bits per heavy atom. The van der Waals surface area contributed by atoms with Crippen molar-refractivity contribution in [1.29, 1.82) is 0 Å². The molecule has 0 radical (unpaired) electrons. The zero-order chi connectivity index (χ0) is 19.6. The molecule has 0 aliphatic carbocycles. The number of benzene rings is 2. The summed E-state index contributed by atoms with van der Waals surface area (Å²) in [5.41, 5.74) is 6.37. The summed E-state index contributed by atoms with van der Waals surface area (Å²) in [5.74, 6) is -0.425. The van der Waals surface area contributed by atoms with Gasteiger partial charge >= 0.3 is 0 Å². The fraction of sp³-hybridized carbons (Fsp3) is 0.190. The number of likely N-dealkylation sites (N-methyl/N-ethyl adjacent to an activating group) is 1. The van der Waals surface area contributed by atoms with Crippen LogP contribution < -0.4 is 4.90 Å². The number of nitrogens with zero attached hydrogens (tertiary/aromatic N) is 2. The highest BCUT2D eigenvalue weighted by atomic mass is 128. The SMILES string of the molecule is CN1C(=CC=CC2=[N+](C)c3cc(F)ccc3C2)Cc2ccc(F)cc21.II. The summed E-state index contributed by atoms with van der Waals surface area (Å²) in [7, 11) is 3.91. The number of anilines is 1. The van der Waals surface area contributed by atoms with Gasteiger partial charge < -0.3 is 4.90 Å². The highest BCUT2D eigenvalue weighted by Gasteiger charge is 2.25. The normalized spacial score (nSPS) is 16.7. The average molecular weight is 591 g/mol. The van der Waals surface area contributed by atoms with E-state index >= 15 is 0 Å². The Morgan fingerprint density at radius 3 is 2.41 bits per heavy atom. The van der Waals surface area contributed by atoms with E-state index < -0.39 is 0 Å². The standard InChI is InChI=1S/C21H19F2N2.I2/c1-24-18(10-14-6-8-16(22)12-20(14)24)4-3-5-19-11-15-7-9-17(23)13-21(15)25(19)2;1-2/h3-9,12-13H,10-11H2,1-2H3;/q+1;. The van der Waals surface area contributed by atoms with Crippen molar-refractivity contribution < 1.29 is 13.4 Å². The Labute approximate surface area is 181 Å². The van der Waals surface area contributed by atoms with Gasteiger partial charge in [-0.25, -0.2) is 8.78 Å². The van der Waals surface area contributed by atoms with E-state index in [0.717, 1.165) is 46.8 Å². The van der Waals surface area contributed by atoms with Crippen LogP contribution in [0.3, 0.4) is 0 Å². The smallest absolute Gasteiger partial charge is 0.211 e. The largest absolute Gasteiger partial charge is 0.348 e. The molecule has 2 nitrogen and oxygen atoms in total. The van der Waals surface area contributed by atoms with Gasteiger partial charge in [-0.15, -0.1) is 0 Å². The summed E-state index contributed by atoms with van der Waals surface area (Å²) < 4.78 is 28.9. The molecule has 0 aromatic heterocycles. The van der Waals surface area contributed by atoms with Gasteiger partial charge in [-0.2, -0.15) is 4.58 Å². The number of rotatable bonds is 2. The quantitative estimate of drug-likeness (QED) is 0.301. The molecular formula is C21H19F2I2N2+. The van der Waals surface area contributed by atoms with Gasteiger partial charge in [-0.05, 0) is 35.9 Å². The van der Waals surface area contributed by atoms with Gasteiger partial charge in [-0.1, -0.05) is 12.1 Å². The van der Waals surface area contributed by atoms with Gasteiger partial charge in [0.2, 0.25) is 5.69 Å². The summed E-state index contributed by atoms with van der Waals surface area (Å²) in [5, 5.41) is 0. The molecule has 0 saturated heterocycles. The van der Waals surface area contributed by atoms with Crippen LogP contribution in [0.5, 0.6) is 0 Å². The van der Waals surface area contributed by atoms with E-state index in [-0.39, 0.29) is 11.6 Å². The number of hydrogen-bond acceptors (Lipinski definition) is 1. The van der Waals surface area contributed by atoms with Crippen molar-refractivity contribution in [2.45, 2.75) is 12.8 Å². The molecule has 0 N–H and O–H groups in total. The second kappa shape index (κ2) is 8.81. The molecule has 140 valence electrons. The van der Waals surface area contributed by atoms with E-state index in [1.54, 1.807) is 12.1 Å². The van der Waals surface area contributed by atoms with E-state index in [9.17, 15) is 8.78 Å². The minimum absolute atomic E-state index is 0.212. The molecule has 2 aromatic rings. The lowest BCUT2D eigenvalue weighted by Crippen LogP contribution is -2.11. The molecule has 27 heavy (non-hydrogen) atoms. The fourth-order valence-electron chi connectivity index (χ4n) is 3.55. The maximum absolute atomic E-state index is 13.4. The van der Waals surface area contributed by atoms with Crippen LogP contribution in [0.15, 0.2) is 60.3 Å². The van der Waals surface area contributed by atoms with Crippen LogP contribution in [0.25, 0.3) is 0 Å². The Morgan fingerprint density at radius 1 is 1.00 bits per heavy atom. The molecule has 0 bridgehead atoms. The van der Waals surface area contributed by atoms with Gasteiger partial charge in [0.05, 0.1) is 6.42 Å². The number of hydrogen-bond donors (Lipinski definition) is 0. The first kappa shape index (κ1) is 20.4. The van der Waals surface area contributed by atoms with Crippen LogP contribution in [-0.4, -0.2) is 24.4 Å².